The number of aliphatic carboxylic acids is 1. The number of amides is 1. The number of carbonyl (C=O) groups excluding carboxylic acids is 1. The van der Waals surface area contributed by atoms with Gasteiger partial charge in [0.15, 0.2) is 0 Å². The lowest BCUT2D eigenvalue weighted by molar-refractivity contribution is -0.139. The molecule has 1 amide bonds. The second-order valence-corrected chi connectivity index (χ2v) is 3.87. The maximum absolute atomic E-state index is 11.9. The molecule has 0 unspecified atom stereocenters. The summed E-state index contributed by atoms with van der Waals surface area (Å²) in [6.07, 6.45) is 0.666. The predicted octanol–water partition coefficient (Wildman–Crippen LogP) is -0.452. The van der Waals surface area contributed by atoms with Gasteiger partial charge in [0.05, 0.1) is 5.69 Å². The molecule has 1 aromatic rings. The highest BCUT2D eigenvalue weighted by molar-refractivity contribution is 5.95. The van der Waals surface area contributed by atoms with Crippen molar-refractivity contribution in [3.8, 4) is 0 Å². The van der Waals surface area contributed by atoms with E-state index in [-0.39, 0.29) is 13.0 Å². The molecule has 0 radical (unpaired) electrons. The van der Waals surface area contributed by atoms with Crippen LogP contribution in [-0.4, -0.2) is 44.5 Å². The van der Waals surface area contributed by atoms with Crippen LogP contribution in [0.25, 0.3) is 0 Å². The fourth-order valence-corrected chi connectivity index (χ4v) is 1.53. The van der Waals surface area contributed by atoms with Crippen molar-refractivity contribution in [2.45, 2.75) is 25.8 Å². The molecule has 1 atom stereocenters. The molecule has 3 N–H and O–H groups in total. The number of rotatable bonds is 6. The van der Waals surface area contributed by atoms with Crippen molar-refractivity contribution < 1.29 is 19.8 Å². The number of hydrogen-bond acceptors (Lipinski definition) is 4. The lowest BCUT2D eigenvalue weighted by Crippen LogP contribution is -2.42. The molecule has 1 heterocycles. The largest absolute Gasteiger partial charge is 0.480 e. The van der Waals surface area contributed by atoms with E-state index >= 15 is 0 Å². The molecule has 18 heavy (non-hydrogen) atoms. The van der Waals surface area contributed by atoms with Crippen molar-refractivity contribution in [3.05, 3.63) is 17.5 Å². The molecule has 0 spiro atoms. The van der Waals surface area contributed by atoms with E-state index in [9.17, 15) is 9.59 Å². The molecule has 100 valence electrons. The fourth-order valence-electron chi connectivity index (χ4n) is 1.53. The molecular formula is C11H17N3O4. The van der Waals surface area contributed by atoms with Gasteiger partial charge < -0.3 is 15.5 Å². The zero-order valence-electron chi connectivity index (χ0n) is 10.4. The Hall–Kier alpha value is -1.89. The first-order valence-corrected chi connectivity index (χ1v) is 5.67. The van der Waals surface area contributed by atoms with Crippen molar-refractivity contribution in [1.82, 2.24) is 15.1 Å². The number of aliphatic hydroxyl groups excluding tert-OH is 1. The Bertz CT molecular complexity index is 441. The van der Waals surface area contributed by atoms with Gasteiger partial charge in [0.2, 0.25) is 0 Å². The number of nitrogens with one attached hydrogen (secondary N) is 1. The zero-order chi connectivity index (χ0) is 13.7. The van der Waals surface area contributed by atoms with Gasteiger partial charge in [-0.2, -0.15) is 5.10 Å². The van der Waals surface area contributed by atoms with Gasteiger partial charge in [0.25, 0.3) is 5.91 Å². The number of nitrogens with zero attached hydrogens (tertiary/aromatic N) is 2. The first-order valence-electron chi connectivity index (χ1n) is 5.67. The number of hydrogen-bond donors (Lipinski definition) is 3. The summed E-state index contributed by atoms with van der Waals surface area (Å²) in [7, 11) is 1.62. The molecule has 1 rings (SSSR count). The van der Waals surface area contributed by atoms with Gasteiger partial charge in [-0.3, -0.25) is 9.48 Å². The minimum atomic E-state index is -1.17. The number of aliphatic hydroxyl groups is 1. The number of aromatic nitrogens is 2. The molecule has 0 aliphatic carbocycles. The van der Waals surface area contributed by atoms with Gasteiger partial charge in [0, 0.05) is 20.1 Å². The molecule has 0 bridgehead atoms. The summed E-state index contributed by atoms with van der Waals surface area (Å²) < 4.78 is 1.41. The van der Waals surface area contributed by atoms with Crippen molar-refractivity contribution in [1.29, 1.82) is 0 Å². The quantitative estimate of drug-likeness (QED) is 0.638. The third-order valence-electron chi connectivity index (χ3n) is 2.55. The van der Waals surface area contributed by atoms with Crippen LogP contribution in [0.5, 0.6) is 0 Å². The van der Waals surface area contributed by atoms with E-state index in [1.807, 2.05) is 6.92 Å². The average molecular weight is 255 g/mol. The summed E-state index contributed by atoms with van der Waals surface area (Å²) >= 11 is 0. The predicted molar refractivity (Wildman–Crippen MR) is 63.2 cm³/mol. The molecule has 7 nitrogen and oxygen atoms in total. The topological polar surface area (TPSA) is 104 Å². The van der Waals surface area contributed by atoms with Crippen LogP contribution in [0.15, 0.2) is 6.07 Å². The fraction of sp³-hybridized carbons (Fsp3) is 0.545. The minimum absolute atomic E-state index is 0.0282. The number of carbonyl (C=O) groups is 2. The Balaban J connectivity index is 2.79. The van der Waals surface area contributed by atoms with E-state index in [4.69, 9.17) is 10.2 Å². The van der Waals surface area contributed by atoms with Crippen LogP contribution >= 0.6 is 0 Å². The smallest absolute Gasteiger partial charge is 0.326 e. The molecule has 0 aliphatic heterocycles. The molecule has 1 aromatic heterocycles. The van der Waals surface area contributed by atoms with Crippen molar-refractivity contribution in [2.75, 3.05) is 6.61 Å². The van der Waals surface area contributed by atoms with Crippen molar-refractivity contribution >= 4 is 11.9 Å². The van der Waals surface area contributed by atoms with Gasteiger partial charge in [0.1, 0.15) is 11.7 Å². The normalized spacial score (nSPS) is 12.2. The third kappa shape index (κ3) is 3.30. The van der Waals surface area contributed by atoms with Gasteiger partial charge in [-0.1, -0.05) is 6.92 Å². The van der Waals surface area contributed by atoms with Crippen LogP contribution in [-0.2, 0) is 18.3 Å². The molecule has 0 aliphatic rings. The molecule has 0 saturated heterocycles. The number of carboxylic acid groups (broad SMARTS) is 1. The van der Waals surface area contributed by atoms with Crippen LogP contribution in [0, 0.1) is 0 Å². The van der Waals surface area contributed by atoms with Crippen LogP contribution < -0.4 is 5.32 Å². The highest BCUT2D eigenvalue weighted by Crippen LogP contribution is 2.05. The Morgan fingerprint density at radius 1 is 1.56 bits per heavy atom. The zero-order valence-corrected chi connectivity index (χ0v) is 10.4. The first-order chi connectivity index (χ1) is 8.49. The highest BCUT2D eigenvalue weighted by atomic mass is 16.4. The summed E-state index contributed by atoms with van der Waals surface area (Å²) in [5, 5.41) is 24.1. The average Bonchev–Trinajstić information content (AvgIpc) is 2.69. The van der Waals surface area contributed by atoms with Gasteiger partial charge >= 0.3 is 5.97 Å². The standard InChI is InChI=1S/C11H17N3O4/c1-3-7-6-9(14(2)13-7)10(16)12-8(4-5-15)11(17)18/h6,8,15H,3-5H2,1-2H3,(H,12,16)(H,17,18)/t8-/m0/s1. The summed E-state index contributed by atoms with van der Waals surface area (Å²) in [6.45, 7) is 1.61. The second kappa shape index (κ2) is 6.15. The van der Waals surface area contributed by atoms with Crippen molar-refractivity contribution in [2.24, 2.45) is 7.05 Å². The molecule has 0 aromatic carbocycles. The van der Waals surface area contributed by atoms with Crippen LogP contribution in [0.4, 0.5) is 0 Å². The summed E-state index contributed by atoms with van der Waals surface area (Å²) in [4.78, 5) is 22.7. The van der Waals surface area contributed by atoms with E-state index in [2.05, 4.69) is 10.4 Å². The van der Waals surface area contributed by atoms with E-state index < -0.39 is 17.9 Å². The SMILES string of the molecule is CCc1cc(C(=O)N[C@@H](CCO)C(=O)O)n(C)n1. The molecular weight excluding hydrogens is 238 g/mol. The highest BCUT2D eigenvalue weighted by Gasteiger charge is 2.22. The molecule has 0 fully saturated rings. The molecule has 0 saturated carbocycles. The van der Waals surface area contributed by atoms with E-state index in [1.54, 1.807) is 13.1 Å². The van der Waals surface area contributed by atoms with Gasteiger partial charge in [-0.25, -0.2) is 4.79 Å². The lowest BCUT2D eigenvalue weighted by atomic mass is 10.2. The van der Waals surface area contributed by atoms with Crippen molar-refractivity contribution in [3.63, 3.8) is 0 Å². The Kier molecular flexibility index (Phi) is 4.85. The Labute approximate surface area is 104 Å². The van der Waals surface area contributed by atoms with E-state index in [1.165, 1.54) is 4.68 Å². The number of carboxylic acids is 1. The van der Waals surface area contributed by atoms with E-state index in [0.717, 1.165) is 5.69 Å². The monoisotopic (exact) mass is 255 g/mol. The number of aryl methyl sites for hydroxylation is 2. The minimum Gasteiger partial charge on any atom is -0.480 e. The summed E-state index contributed by atoms with van der Waals surface area (Å²) in [5.74, 6) is -1.68. The lowest BCUT2D eigenvalue weighted by Gasteiger charge is -2.12. The van der Waals surface area contributed by atoms with Gasteiger partial charge in [-0.15, -0.1) is 0 Å². The Morgan fingerprint density at radius 2 is 2.22 bits per heavy atom. The maximum atomic E-state index is 11.9. The van der Waals surface area contributed by atoms with E-state index in [0.29, 0.717) is 12.1 Å². The first kappa shape index (κ1) is 14.2. The van der Waals surface area contributed by atoms with Crippen LogP contribution in [0.2, 0.25) is 0 Å². The maximum Gasteiger partial charge on any atom is 0.326 e. The summed E-state index contributed by atoms with van der Waals surface area (Å²) in [6, 6.07) is 0.523. The second-order valence-electron chi connectivity index (χ2n) is 3.87. The molecule has 7 heteroatoms. The van der Waals surface area contributed by atoms with Crippen LogP contribution in [0.3, 0.4) is 0 Å². The summed E-state index contributed by atoms with van der Waals surface area (Å²) in [5.41, 5.74) is 1.06. The Morgan fingerprint density at radius 3 is 2.67 bits per heavy atom. The third-order valence-corrected chi connectivity index (χ3v) is 2.55. The van der Waals surface area contributed by atoms with Crippen LogP contribution in [0.1, 0.15) is 29.5 Å². The van der Waals surface area contributed by atoms with Gasteiger partial charge in [-0.05, 0) is 12.5 Å².